The number of primary amides is 1. The number of likely N-dealkylation sites (tertiary alicyclic amines) is 1. The van der Waals surface area contributed by atoms with Gasteiger partial charge in [0.1, 0.15) is 5.75 Å². The number of phenolic OH excluding ortho intramolecular Hbond substituents is 1. The van der Waals surface area contributed by atoms with Gasteiger partial charge in [0.05, 0.1) is 11.8 Å². The zero-order valence-corrected chi connectivity index (χ0v) is 17.2. The molecule has 8 heteroatoms. The number of fused-ring (bicyclic) bond motifs is 3. The maximum atomic E-state index is 13.2. The highest BCUT2D eigenvalue weighted by atomic mass is 16.3. The third-order valence-electron chi connectivity index (χ3n) is 6.99. The molecule has 1 aromatic rings. The first kappa shape index (κ1) is 20.1. The first-order valence-corrected chi connectivity index (χ1v) is 10.4. The number of allylic oxidation sites excluding steroid dienone is 6. The summed E-state index contributed by atoms with van der Waals surface area (Å²) in [6, 6.07) is 5.34. The summed E-state index contributed by atoms with van der Waals surface area (Å²) < 4.78 is 0. The van der Waals surface area contributed by atoms with Gasteiger partial charge in [-0.2, -0.15) is 4.90 Å². The van der Waals surface area contributed by atoms with Crippen molar-refractivity contribution in [3.8, 4) is 5.75 Å². The Hall–Kier alpha value is -3.81. The molecule has 1 heterocycles. The van der Waals surface area contributed by atoms with Crippen LogP contribution >= 0.6 is 0 Å². The second-order valence-electron chi connectivity index (χ2n) is 8.67. The molecule has 162 valence electrons. The van der Waals surface area contributed by atoms with Crippen LogP contribution in [-0.4, -0.2) is 39.4 Å². The SMILES string of the molecule is CC1=CC(=O)C2=C(C1=O)C(c1cccc(O)c1)C1=CCC3C(=O)N(C(N)=O)C(=O)C3C1C2. The third-order valence-corrected chi connectivity index (χ3v) is 6.99. The van der Waals surface area contributed by atoms with Gasteiger partial charge in [0.25, 0.3) is 0 Å². The summed E-state index contributed by atoms with van der Waals surface area (Å²) in [4.78, 5) is 64.1. The molecule has 0 saturated carbocycles. The molecular weight excluding hydrogens is 412 g/mol. The van der Waals surface area contributed by atoms with Gasteiger partial charge in [0.2, 0.25) is 11.8 Å². The van der Waals surface area contributed by atoms with Crippen molar-refractivity contribution in [3.63, 3.8) is 0 Å². The highest BCUT2D eigenvalue weighted by Crippen LogP contribution is 2.55. The largest absolute Gasteiger partial charge is 0.508 e. The Labute approximate surface area is 183 Å². The van der Waals surface area contributed by atoms with E-state index in [4.69, 9.17) is 5.73 Å². The van der Waals surface area contributed by atoms with Crippen molar-refractivity contribution in [1.29, 1.82) is 0 Å². The zero-order valence-electron chi connectivity index (χ0n) is 17.2. The van der Waals surface area contributed by atoms with E-state index in [2.05, 4.69) is 0 Å². The van der Waals surface area contributed by atoms with Crippen molar-refractivity contribution in [2.24, 2.45) is 23.5 Å². The normalized spacial score (nSPS) is 29.3. The van der Waals surface area contributed by atoms with Crippen LogP contribution in [0.25, 0.3) is 0 Å². The number of Topliss-reactive ketones (excluding diaryl/α,β-unsaturated/α-hetero) is 1. The van der Waals surface area contributed by atoms with E-state index < -0.39 is 41.5 Å². The fourth-order valence-electron chi connectivity index (χ4n) is 5.66. The smallest absolute Gasteiger partial charge is 0.328 e. The molecule has 0 spiro atoms. The average molecular weight is 432 g/mol. The number of rotatable bonds is 1. The van der Waals surface area contributed by atoms with Gasteiger partial charge in [-0.25, -0.2) is 4.79 Å². The van der Waals surface area contributed by atoms with Gasteiger partial charge in [0, 0.05) is 22.6 Å². The molecule has 4 atom stereocenters. The number of nitrogens with zero attached hydrogens (tertiary/aromatic N) is 1. The number of hydrogen-bond donors (Lipinski definition) is 2. The van der Waals surface area contributed by atoms with Gasteiger partial charge in [-0.1, -0.05) is 23.8 Å². The van der Waals surface area contributed by atoms with Crippen molar-refractivity contribution in [1.82, 2.24) is 4.90 Å². The van der Waals surface area contributed by atoms with E-state index in [0.29, 0.717) is 27.2 Å². The maximum absolute atomic E-state index is 13.2. The highest BCUT2D eigenvalue weighted by Gasteiger charge is 2.57. The van der Waals surface area contributed by atoms with E-state index in [1.54, 1.807) is 19.1 Å². The van der Waals surface area contributed by atoms with Crippen molar-refractivity contribution in [3.05, 3.63) is 64.3 Å². The minimum Gasteiger partial charge on any atom is -0.508 e. The summed E-state index contributed by atoms with van der Waals surface area (Å²) in [7, 11) is 0. The van der Waals surface area contributed by atoms with Crippen LogP contribution in [0.1, 0.15) is 31.2 Å². The Morgan fingerprint density at radius 2 is 1.88 bits per heavy atom. The van der Waals surface area contributed by atoms with Crippen molar-refractivity contribution < 1.29 is 29.1 Å². The molecule has 32 heavy (non-hydrogen) atoms. The fraction of sp³-hybridized carbons (Fsp3) is 0.292. The summed E-state index contributed by atoms with van der Waals surface area (Å²) in [6.07, 6.45) is 3.48. The van der Waals surface area contributed by atoms with Crippen LogP contribution in [0.5, 0.6) is 5.75 Å². The molecule has 5 rings (SSSR count). The Morgan fingerprint density at radius 1 is 1.12 bits per heavy atom. The van der Waals surface area contributed by atoms with Crippen molar-refractivity contribution in [2.75, 3.05) is 0 Å². The average Bonchev–Trinajstić information content (AvgIpc) is 3.01. The molecule has 1 fully saturated rings. The Bertz CT molecular complexity index is 1240. The minimum absolute atomic E-state index is 0.00920. The highest BCUT2D eigenvalue weighted by molar-refractivity contribution is 6.24. The predicted octanol–water partition coefficient (Wildman–Crippen LogP) is 1.90. The molecule has 0 bridgehead atoms. The molecule has 0 aromatic heterocycles. The van der Waals surface area contributed by atoms with Crippen molar-refractivity contribution >= 4 is 29.4 Å². The molecule has 1 aliphatic heterocycles. The molecule has 8 nitrogen and oxygen atoms in total. The van der Waals surface area contributed by atoms with Gasteiger partial charge in [-0.3, -0.25) is 19.2 Å². The Kier molecular flexibility index (Phi) is 4.30. The number of nitrogens with two attached hydrogens (primary N) is 1. The van der Waals surface area contributed by atoms with Crippen LogP contribution in [-0.2, 0) is 19.2 Å². The van der Waals surface area contributed by atoms with Crippen LogP contribution in [0.3, 0.4) is 0 Å². The topological polar surface area (TPSA) is 135 Å². The van der Waals surface area contributed by atoms with E-state index >= 15 is 0 Å². The molecule has 4 unspecified atom stereocenters. The number of carbonyl (C=O) groups excluding carboxylic acids is 5. The number of phenols is 1. The van der Waals surface area contributed by atoms with E-state index in [1.807, 2.05) is 6.08 Å². The van der Waals surface area contributed by atoms with Gasteiger partial charge in [0.15, 0.2) is 11.6 Å². The standard InChI is InChI=1S/C24H20N2O6/c1-10-7-17(28)16-9-15-13(5-6-14-19(15)23(31)26(22(14)30)24(25)32)18(20(16)21(10)29)11-3-2-4-12(27)8-11/h2-5,7-8,14-15,18-19,27H,6,9H2,1H3,(H2,25,32). The summed E-state index contributed by atoms with van der Waals surface area (Å²) >= 11 is 0. The summed E-state index contributed by atoms with van der Waals surface area (Å²) in [5, 5.41) is 10.1. The molecular formula is C24H20N2O6. The quantitative estimate of drug-likeness (QED) is 0.395. The van der Waals surface area contributed by atoms with E-state index in [1.165, 1.54) is 18.2 Å². The van der Waals surface area contributed by atoms with Gasteiger partial charge in [-0.05, 0) is 49.5 Å². The Morgan fingerprint density at radius 3 is 2.56 bits per heavy atom. The van der Waals surface area contributed by atoms with Gasteiger partial charge in [-0.15, -0.1) is 0 Å². The second kappa shape index (κ2) is 6.85. The molecule has 1 saturated heterocycles. The maximum Gasteiger partial charge on any atom is 0.328 e. The van der Waals surface area contributed by atoms with Crippen LogP contribution in [0.2, 0.25) is 0 Å². The summed E-state index contributed by atoms with van der Waals surface area (Å²) in [5.74, 6) is -4.57. The third kappa shape index (κ3) is 2.65. The van der Waals surface area contributed by atoms with Crippen molar-refractivity contribution in [2.45, 2.75) is 25.7 Å². The fourth-order valence-corrected chi connectivity index (χ4v) is 5.66. The van der Waals surface area contributed by atoms with Crippen LogP contribution in [0.15, 0.2) is 58.7 Å². The Balaban J connectivity index is 1.70. The molecule has 0 radical (unpaired) electrons. The monoisotopic (exact) mass is 432 g/mol. The van der Waals surface area contributed by atoms with E-state index in [0.717, 1.165) is 5.57 Å². The first-order chi connectivity index (χ1) is 15.2. The lowest BCUT2D eigenvalue weighted by Crippen LogP contribution is -2.42. The lowest BCUT2D eigenvalue weighted by molar-refractivity contribution is -0.136. The summed E-state index contributed by atoms with van der Waals surface area (Å²) in [5.41, 5.74) is 7.65. The number of benzene rings is 1. The molecule has 4 aliphatic rings. The molecule has 4 amide bonds. The number of carbonyl (C=O) groups is 5. The van der Waals surface area contributed by atoms with Gasteiger partial charge >= 0.3 is 6.03 Å². The summed E-state index contributed by atoms with van der Waals surface area (Å²) in [6.45, 7) is 1.59. The number of amides is 4. The molecule has 1 aromatic carbocycles. The number of aromatic hydroxyl groups is 1. The molecule has 3 N–H and O–H groups in total. The zero-order chi connectivity index (χ0) is 22.9. The number of ketones is 2. The van der Waals surface area contributed by atoms with E-state index in [9.17, 15) is 29.1 Å². The lowest BCUT2D eigenvalue weighted by atomic mass is 9.59. The minimum atomic E-state index is -1.11. The van der Waals surface area contributed by atoms with Crippen LogP contribution < -0.4 is 5.73 Å². The number of hydrogen-bond acceptors (Lipinski definition) is 6. The van der Waals surface area contributed by atoms with Gasteiger partial charge < -0.3 is 10.8 Å². The van der Waals surface area contributed by atoms with Crippen LogP contribution in [0, 0.1) is 17.8 Å². The number of imide groups is 3. The lowest BCUT2D eigenvalue weighted by Gasteiger charge is -2.42. The number of urea groups is 1. The first-order valence-electron chi connectivity index (χ1n) is 10.4. The molecule has 3 aliphatic carbocycles. The van der Waals surface area contributed by atoms with Crippen LogP contribution in [0.4, 0.5) is 4.79 Å². The van der Waals surface area contributed by atoms with E-state index in [-0.39, 0.29) is 30.2 Å². The second-order valence-corrected chi connectivity index (χ2v) is 8.67. The predicted molar refractivity (Wildman–Crippen MR) is 111 cm³/mol.